The first-order chi connectivity index (χ1) is 9.27. The third kappa shape index (κ3) is 4.26. The van der Waals surface area contributed by atoms with Gasteiger partial charge in [-0.05, 0) is 31.5 Å². The van der Waals surface area contributed by atoms with E-state index in [2.05, 4.69) is 9.46 Å². The van der Waals surface area contributed by atoms with Gasteiger partial charge in [0.2, 0.25) is 10.0 Å². The van der Waals surface area contributed by atoms with Crippen LogP contribution in [0.5, 0.6) is 0 Å². The van der Waals surface area contributed by atoms with Crippen molar-refractivity contribution in [1.29, 1.82) is 0 Å². The number of ether oxygens (including phenoxy) is 1. The molecule has 1 aromatic carbocycles. The van der Waals surface area contributed by atoms with Gasteiger partial charge in [-0.25, -0.2) is 22.3 Å². The van der Waals surface area contributed by atoms with E-state index in [0.29, 0.717) is 6.42 Å². The van der Waals surface area contributed by atoms with Gasteiger partial charge in [0, 0.05) is 12.6 Å². The predicted molar refractivity (Wildman–Crippen MR) is 71.2 cm³/mol. The zero-order valence-corrected chi connectivity index (χ0v) is 12.0. The fourth-order valence-electron chi connectivity index (χ4n) is 1.50. The van der Waals surface area contributed by atoms with Gasteiger partial charge in [-0.3, -0.25) is 0 Å². The van der Waals surface area contributed by atoms with Crippen LogP contribution in [0.4, 0.5) is 4.39 Å². The number of esters is 1. The van der Waals surface area contributed by atoms with Gasteiger partial charge in [0.05, 0.1) is 17.6 Å². The van der Waals surface area contributed by atoms with E-state index >= 15 is 0 Å². The molecule has 6 nitrogen and oxygen atoms in total. The summed E-state index contributed by atoms with van der Waals surface area (Å²) < 4.78 is 44.1. The van der Waals surface area contributed by atoms with Crippen LogP contribution in [0, 0.1) is 5.82 Å². The van der Waals surface area contributed by atoms with Crippen molar-refractivity contribution in [2.45, 2.75) is 24.3 Å². The molecule has 0 bridgehead atoms. The second kappa shape index (κ2) is 6.78. The van der Waals surface area contributed by atoms with Gasteiger partial charge in [0.1, 0.15) is 5.82 Å². The van der Waals surface area contributed by atoms with Gasteiger partial charge in [-0.2, -0.15) is 0 Å². The third-order valence-electron chi connectivity index (χ3n) is 2.53. The van der Waals surface area contributed by atoms with Crippen LogP contribution < -0.4 is 10.5 Å². The van der Waals surface area contributed by atoms with Crippen molar-refractivity contribution < 1.29 is 22.3 Å². The number of benzene rings is 1. The Morgan fingerprint density at radius 1 is 1.50 bits per heavy atom. The largest absolute Gasteiger partial charge is 0.465 e. The van der Waals surface area contributed by atoms with E-state index in [1.54, 1.807) is 6.92 Å². The highest BCUT2D eigenvalue weighted by Gasteiger charge is 2.23. The molecular formula is C12H17FN2O4S. The number of rotatable bonds is 6. The molecule has 1 atom stereocenters. The minimum atomic E-state index is -4.01. The van der Waals surface area contributed by atoms with Gasteiger partial charge >= 0.3 is 5.97 Å². The fourth-order valence-corrected chi connectivity index (χ4v) is 2.75. The summed E-state index contributed by atoms with van der Waals surface area (Å²) in [5, 5.41) is 0. The Morgan fingerprint density at radius 2 is 2.15 bits per heavy atom. The van der Waals surface area contributed by atoms with Crippen LogP contribution in [-0.2, 0) is 14.8 Å². The molecule has 0 fully saturated rings. The van der Waals surface area contributed by atoms with Crippen LogP contribution in [0.2, 0.25) is 0 Å². The zero-order chi connectivity index (χ0) is 15.3. The lowest BCUT2D eigenvalue weighted by Crippen LogP contribution is -2.30. The molecule has 1 aromatic rings. The number of hydrogen-bond donors (Lipinski definition) is 2. The molecule has 0 spiro atoms. The smallest absolute Gasteiger partial charge is 0.339 e. The fraction of sp³-hybridized carbons (Fsp3) is 0.417. The molecule has 0 saturated heterocycles. The van der Waals surface area contributed by atoms with E-state index in [-0.39, 0.29) is 18.2 Å². The summed E-state index contributed by atoms with van der Waals surface area (Å²) in [6.07, 6.45) is 0.419. The van der Waals surface area contributed by atoms with E-state index < -0.39 is 26.7 Å². The van der Waals surface area contributed by atoms with Crippen molar-refractivity contribution in [2.75, 3.05) is 13.7 Å². The predicted octanol–water partition coefficient (Wildman–Crippen LogP) is 0.628. The summed E-state index contributed by atoms with van der Waals surface area (Å²) in [6.45, 7) is 1.83. The van der Waals surface area contributed by atoms with Gasteiger partial charge in [0.25, 0.3) is 0 Å². The van der Waals surface area contributed by atoms with E-state index in [1.165, 1.54) is 0 Å². The molecule has 0 radical (unpaired) electrons. The Labute approximate surface area is 117 Å². The second-order valence-corrected chi connectivity index (χ2v) is 6.03. The summed E-state index contributed by atoms with van der Waals surface area (Å²) in [4.78, 5) is 11.1. The van der Waals surface area contributed by atoms with E-state index in [4.69, 9.17) is 5.73 Å². The Kier molecular flexibility index (Phi) is 5.61. The number of carbonyl (C=O) groups is 1. The number of halogens is 1. The van der Waals surface area contributed by atoms with Gasteiger partial charge in [-0.15, -0.1) is 0 Å². The lowest BCUT2D eigenvalue weighted by Gasteiger charge is -2.11. The normalized spacial score (nSPS) is 13.0. The van der Waals surface area contributed by atoms with Crippen LogP contribution in [0.25, 0.3) is 0 Å². The van der Waals surface area contributed by atoms with Crippen molar-refractivity contribution in [3.63, 3.8) is 0 Å². The van der Waals surface area contributed by atoms with Crippen molar-refractivity contribution in [3.8, 4) is 0 Å². The summed E-state index contributed by atoms with van der Waals surface area (Å²) in [5.41, 5.74) is 5.30. The third-order valence-corrected chi connectivity index (χ3v) is 4.03. The van der Waals surface area contributed by atoms with Crippen LogP contribution in [0.1, 0.15) is 23.7 Å². The van der Waals surface area contributed by atoms with Gasteiger partial charge in [0.15, 0.2) is 0 Å². The number of carbonyl (C=O) groups excluding carboxylic acids is 1. The van der Waals surface area contributed by atoms with Crippen molar-refractivity contribution >= 4 is 16.0 Å². The minimum absolute atomic E-state index is 0.0944. The first-order valence-corrected chi connectivity index (χ1v) is 7.39. The molecule has 1 unspecified atom stereocenters. The van der Waals surface area contributed by atoms with Crippen LogP contribution in [0.3, 0.4) is 0 Å². The highest BCUT2D eigenvalue weighted by molar-refractivity contribution is 7.89. The molecule has 20 heavy (non-hydrogen) atoms. The molecule has 0 aliphatic heterocycles. The standard InChI is InChI=1S/C12H17FN2O4S/c1-8(14)5-6-15-20(17,18)11-7-9(13)3-4-10(11)12(16)19-2/h3-4,7-8,15H,5-6,14H2,1-2H3. The SMILES string of the molecule is COC(=O)c1ccc(F)cc1S(=O)(=O)NCCC(C)N. The minimum Gasteiger partial charge on any atom is -0.465 e. The maximum absolute atomic E-state index is 13.2. The average Bonchev–Trinajstić information content (AvgIpc) is 2.37. The maximum atomic E-state index is 13.2. The second-order valence-electron chi connectivity index (χ2n) is 4.30. The topological polar surface area (TPSA) is 98.5 Å². The molecule has 112 valence electrons. The van der Waals surface area contributed by atoms with Crippen molar-refractivity contribution in [2.24, 2.45) is 5.73 Å². The van der Waals surface area contributed by atoms with Crippen LogP contribution in [-0.4, -0.2) is 34.1 Å². The lowest BCUT2D eigenvalue weighted by atomic mass is 10.2. The van der Waals surface area contributed by atoms with Crippen molar-refractivity contribution in [3.05, 3.63) is 29.6 Å². The quantitative estimate of drug-likeness (QED) is 0.751. The zero-order valence-electron chi connectivity index (χ0n) is 11.2. The number of hydrogen-bond acceptors (Lipinski definition) is 5. The van der Waals surface area contributed by atoms with Gasteiger partial charge in [-0.1, -0.05) is 0 Å². The first kappa shape index (κ1) is 16.5. The molecule has 1 rings (SSSR count). The summed E-state index contributed by atoms with van der Waals surface area (Å²) in [5.74, 6) is -1.61. The van der Waals surface area contributed by atoms with Crippen LogP contribution >= 0.6 is 0 Å². The molecular weight excluding hydrogens is 287 g/mol. The number of nitrogens with one attached hydrogen (secondary N) is 1. The molecule has 0 amide bonds. The van der Waals surface area contributed by atoms with E-state index in [0.717, 1.165) is 25.3 Å². The summed E-state index contributed by atoms with van der Waals surface area (Å²) in [7, 11) is -2.89. The summed E-state index contributed by atoms with van der Waals surface area (Å²) in [6, 6.07) is 2.67. The Hall–Kier alpha value is -1.51. The Morgan fingerprint density at radius 3 is 2.70 bits per heavy atom. The Bertz CT molecular complexity index is 587. The average molecular weight is 304 g/mol. The molecule has 0 aliphatic carbocycles. The first-order valence-electron chi connectivity index (χ1n) is 5.91. The van der Waals surface area contributed by atoms with E-state index in [1.807, 2.05) is 0 Å². The number of methoxy groups -OCH3 is 1. The molecule has 0 aliphatic rings. The summed E-state index contributed by atoms with van der Waals surface area (Å²) >= 11 is 0. The van der Waals surface area contributed by atoms with Crippen molar-refractivity contribution in [1.82, 2.24) is 4.72 Å². The molecule has 0 saturated carbocycles. The molecule has 0 aromatic heterocycles. The molecule has 0 heterocycles. The Balaban J connectivity index is 3.10. The number of sulfonamides is 1. The lowest BCUT2D eigenvalue weighted by molar-refractivity contribution is 0.0596. The van der Waals surface area contributed by atoms with E-state index in [9.17, 15) is 17.6 Å². The molecule has 8 heteroatoms. The highest BCUT2D eigenvalue weighted by Crippen LogP contribution is 2.18. The monoisotopic (exact) mass is 304 g/mol. The highest BCUT2D eigenvalue weighted by atomic mass is 32.2. The molecule has 3 N–H and O–H groups in total. The van der Waals surface area contributed by atoms with Gasteiger partial charge < -0.3 is 10.5 Å². The number of nitrogens with two attached hydrogens (primary N) is 1. The van der Waals surface area contributed by atoms with Crippen LogP contribution in [0.15, 0.2) is 23.1 Å². The maximum Gasteiger partial charge on any atom is 0.339 e.